The van der Waals surface area contributed by atoms with Gasteiger partial charge in [-0.05, 0) is 18.6 Å². The van der Waals surface area contributed by atoms with Crippen LogP contribution in [0.5, 0.6) is 0 Å². The molecule has 0 bridgehead atoms. The fraction of sp³-hybridized carbons (Fsp3) is 0.778. The molecule has 0 atom stereocenters. The topological polar surface area (TPSA) is 0 Å². The van der Waals surface area contributed by atoms with Crippen molar-refractivity contribution in [2.24, 2.45) is 0 Å². The van der Waals surface area contributed by atoms with Gasteiger partial charge in [0.2, 0.25) is 0 Å². The quantitative estimate of drug-likeness (QED) is 0.110. The van der Waals surface area contributed by atoms with Crippen LogP contribution in [0.2, 0.25) is 39.3 Å². The van der Waals surface area contributed by atoms with Crippen molar-refractivity contribution in [2.45, 2.75) is 86.7 Å². The highest BCUT2D eigenvalue weighted by atomic mass is 127. The highest BCUT2D eigenvalue weighted by Crippen LogP contribution is 2.64. The summed E-state index contributed by atoms with van der Waals surface area (Å²) in [6.07, 6.45) is -1.93. The van der Waals surface area contributed by atoms with Crippen LogP contribution in [0.15, 0.2) is 18.6 Å². The molecule has 0 radical (unpaired) electrons. The molecule has 0 aliphatic carbocycles. The Kier molecular flexibility index (Phi) is 10.6. The smallest absolute Gasteiger partial charge is 0.195 e. The van der Waals surface area contributed by atoms with Gasteiger partial charge in [-0.3, -0.25) is 0 Å². The van der Waals surface area contributed by atoms with E-state index in [-0.39, 0.29) is 0 Å². The SMILES string of the molecule is C[Si](C)(C)C(I)=CC(F)(F)C(F)(F)C(F)(F)C(F)(F)C(F)(F)C(F)(F)C(F)(F)C(F)(F)C=C(I)[Si](C)(C)C. The van der Waals surface area contributed by atoms with E-state index in [0.29, 0.717) is 0 Å². The van der Waals surface area contributed by atoms with E-state index < -0.39 is 82.1 Å². The minimum Gasteiger partial charge on any atom is -0.195 e. The van der Waals surface area contributed by atoms with Gasteiger partial charge in [0.1, 0.15) is 0 Å². The van der Waals surface area contributed by atoms with Crippen LogP contribution in [0.4, 0.5) is 70.2 Å². The van der Waals surface area contributed by atoms with E-state index in [1.54, 1.807) is 0 Å². The first-order valence-electron chi connectivity index (χ1n) is 9.81. The minimum absolute atomic E-state index is 0.772. The van der Waals surface area contributed by atoms with E-state index >= 15 is 0 Å². The van der Waals surface area contributed by atoms with Gasteiger partial charge in [-0.2, -0.15) is 70.2 Å². The Bertz CT molecular complexity index is 867. The van der Waals surface area contributed by atoms with Crippen LogP contribution in [-0.2, 0) is 0 Å². The molecule has 0 aromatic rings. The fourth-order valence-electron chi connectivity index (χ4n) is 2.14. The molecule has 0 rings (SSSR count). The van der Waals surface area contributed by atoms with Crippen LogP contribution in [0.1, 0.15) is 0 Å². The van der Waals surface area contributed by atoms with Gasteiger partial charge in [-0.1, -0.05) is 84.5 Å². The molecule has 0 aliphatic heterocycles. The van der Waals surface area contributed by atoms with Crippen LogP contribution in [0.3, 0.4) is 0 Å². The Morgan fingerprint density at radius 2 is 0.553 bits per heavy atom. The lowest BCUT2D eigenvalue weighted by Crippen LogP contribution is -2.74. The van der Waals surface area contributed by atoms with E-state index in [2.05, 4.69) is 0 Å². The predicted molar refractivity (Wildman–Crippen MR) is 130 cm³/mol. The van der Waals surface area contributed by atoms with Crippen molar-refractivity contribution in [2.75, 3.05) is 0 Å². The molecule has 20 heteroatoms. The lowest BCUT2D eigenvalue weighted by Gasteiger charge is -2.43. The zero-order valence-electron chi connectivity index (χ0n) is 20.0. The van der Waals surface area contributed by atoms with Gasteiger partial charge in [-0.15, -0.1) is 0 Å². The summed E-state index contributed by atoms with van der Waals surface area (Å²) in [5.41, 5.74) is 0. The molecule has 0 saturated carbocycles. The number of halogens is 18. The molecule has 0 unspecified atom stereocenters. The number of allylic oxidation sites excluding steroid dienone is 2. The first-order valence-corrected chi connectivity index (χ1v) is 19.0. The Balaban J connectivity index is 7.07. The van der Waals surface area contributed by atoms with Crippen molar-refractivity contribution in [1.82, 2.24) is 0 Å². The van der Waals surface area contributed by atoms with Crippen LogP contribution < -0.4 is 0 Å². The normalized spacial score (nSPS) is 17.3. The third-order valence-corrected chi connectivity index (χ3v) is 18.3. The summed E-state index contributed by atoms with van der Waals surface area (Å²) >= 11 is 1.90. The minimum atomic E-state index is -8.41. The summed E-state index contributed by atoms with van der Waals surface area (Å²) in [5.74, 6) is -61.2. The monoisotopic (exact) mass is 850 g/mol. The largest absolute Gasteiger partial charge is 0.385 e. The van der Waals surface area contributed by atoms with Crippen LogP contribution >= 0.6 is 45.2 Å². The Morgan fingerprint density at radius 1 is 0.395 bits per heavy atom. The van der Waals surface area contributed by atoms with E-state index in [1.165, 1.54) is 39.3 Å². The summed E-state index contributed by atoms with van der Waals surface area (Å²) < 4.78 is 223. The Morgan fingerprint density at radius 3 is 0.711 bits per heavy atom. The summed E-state index contributed by atoms with van der Waals surface area (Å²) in [6.45, 7) is 7.09. The summed E-state index contributed by atoms with van der Waals surface area (Å²) in [6, 6.07) is 0. The molecule has 0 heterocycles. The molecule has 38 heavy (non-hydrogen) atoms. The molecule has 0 amide bonds. The number of hydrogen-bond donors (Lipinski definition) is 0. The molecule has 226 valence electrons. The predicted octanol–water partition coefficient (Wildman–Crippen LogP) is 10.5. The number of alkyl halides is 16. The van der Waals surface area contributed by atoms with E-state index in [1.807, 2.05) is 0 Å². The van der Waals surface area contributed by atoms with Crippen molar-refractivity contribution < 1.29 is 70.2 Å². The molecule has 0 aromatic heterocycles. The lowest BCUT2D eigenvalue weighted by atomic mass is 9.87. The number of hydrogen-bond acceptors (Lipinski definition) is 0. The molecule has 0 spiro atoms. The molecule has 0 nitrogen and oxygen atoms in total. The zero-order valence-corrected chi connectivity index (χ0v) is 26.3. The molecule has 0 N–H and O–H groups in total. The third-order valence-electron chi connectivity index (χ3n) is 4.86. The second-order valence-corrected chi connectivity index (χ2v) is 24.6. The molecular formula is C18H20F16I2Si2. The zero-order chi connectivity index (χ0) is 31.6. The first-order chi connectivity index (χ1) is 16.0. The maximum Gasteiger partial charge on any atom is 0.385 e. The molecular weight excluding hydrogens is 830 g/mol. The van der Waals surface area contributed by atoms with Gasteiger partial charge in [0, 0.05) is 0 Å². The van der Waals surface area contributed by atoms with E-state index in [4.69, 9.17) is 0 Å². The third kappa shape index (κ3) is 6.20. The average molecular weight is 850 g/mol. The highest BCUT2D eigenvalue weighted by molar-refractivity contribution is 14.1. The van der Waals surface area contributed by atoms with Crippen molar-refractivity contribution in [1.29, 1.82) is 0 Å². The van der Waals surface area contributed by atoms with Gasteiger partial charge in [0.25, 0.3) is 0 Å². The summed E-state index contributed by atoms with van der Waals surface area (Å²) in [5, 5.41) is 0. The maximum absolute atomic E-state index is 14.0. The van der Waals surface area contributed by atoms with Gasteiger partial charge in [-0.25, -0.2) is 0 Å². The van der Waals surface area contributed by atoms with Crippen LogP contribution in [0.25, 0.3) is 0 Å². The van der Waals surface area contributed by atoms with Crippen LogP contribution in [0, 0.1) is 0 Å². The Labute approximate surface area is 235 Å². The maximum atomic E-state index is 14.0. The highest BCUT2D eigenvalue weighted by Gasteiger charge is 2.94. The fourth-order valence-corrected chi connectivity index (χ4v) is 4.15. The van der Waals surface area contributed by atoms with Gasteiger partial charge >= 0.3 is 47.4 Å². The molecule has 0 aromatic carbocycles. The molecule has 0 saturated heterocycles. The van der Waals surface area contributed by atoms with Gasteiger partial charge in [0.15, 0.2) is 0 Å². The first kappa shape index (κ1) is 38.3. The summed E-state index contributed by atoms with van der Waals surface area (Å²) in [4.78, 5) is 0. The second kappa shape index (κ2) is 10.5. The van der Waals surface area contributed by atoms with Gasteiger partial charge < -0.3 is 0 Å². The second-order valence-electron chi connectivity index (χ2n) is 10.2. The van der Waals surface area contributed by atoms with Crippen molar-refractivity contribution >= 4 is 61.3 Å². The molecule has 0 fully saturated rings. The van der Waals surface area contributed by atoms with Crippen LogP contribution in [-0.4, -0.2) is 63.5 Å². The Hall–Kier alpha value is 0.254. The standard InChI is InChI=1S/C18H20F16I2Si2/c1-37(2,3)9(35)7-11(19,20)13(23,24)15(27,28)17(31,32)18(33,34)16(29,30)14(25,26)12(21,22)8-10(36)38(4,5)6/h7-8H,1-6H3. The van der Waals surface area contributed by atoms with Crippen molar-refractivity contribution in [3.63, 3.8) is 0 Å². The molecule has 0 aliphatic rings. The van der Waals surface area contributed by atoms with E-state index in [0.717, 1.165) is 45.2 Å². The lowest BCUT2D eigenvalue weighted by molar-refractivity contribution is -0.448. The summed E-state index contributed by atoms with van der Waals surface area (Å²) in [7, 11) is -6.09. The average Bonchev–Trinajstić information content (AvgIpc) is 2.64. The van der Waals surface area contributed by atoms with Crippen molar-refractivity contribution in [3.8, 4) is 0 Å². The van der Waals surface area contributed by atoms with Gasteiger partial charge in [0.05, 0.1) is 16.1 Å². The van der Waals surface area contributed by atoms with E-state index in [9.17, 15) is 70.2 Å². The van der Waals surface area contributed by atoms with Crippen molar-refractivity contribution in [3.05, 3.63) is 18.6 Å². The number of rotatable bonds is 11.